The van der Waals surface area contributed by atoms with Crippen LogP contribution in [0.5, 0.6) is 0 Å². The molecule has 0 radical (unpaired) electrons. The molecule has 2 aromatic rings. The summed E-state index contributed by atoms with van der Waals surface area (Å²) in [5.41, 5.74) is 4.21. The number of hydrogen-bond donors (Lipinski definition) is 3. The lowest BCUT2D eigenvalue weighted by atomic mass is 10.2. The summed E-state index contributed by atoms with van der Waals surface area (Å²) in [7, 11) is -4.16. The molecular formula is C15H14F3N3O4S. The van der Waals surface area contributed by atoms with E-state index in [2.05, 4.69) is 10.3 Å². The summed E-state index contributed by atoms with van der Waals surface area (Å²) in [6, 6.07) is 3.96. The Kier molecular flexibility index (Phi) is 5.52. The van der Waals surface area contributed by atoms with Crippen molar-refractivity contribution < 1.29 is 31.5 Å². The topological polar surface area (TPSA) is 122 Å². The summed E-state index contributed by atoms with van der Waals surface area (Å²) >= 11 is 0. The monoisotopic (exact) mass is 389 g/mol. The third kappa shape index (κ3) is 4.11. The largest absolute Gasteiger partial charge is 0.416 e. The lowest BCUT2D eigenvalue weighted by Gasteiger charge is -2.10. The zero-order valence-electron chi connectivity index (χ0n) is 13.1. The molecular weight excluding hydrogens is 375 g/mol. The van der Waals surface area contributed by atoms with Gasteiger partial charge in [-0.25, -0.2) is 13.4 Å². The van der Waals surface area contributed by atoms with Gasteiger partial charge in [-0.15, -0.1) is 0 Å². The normalized spacial score (nSPS) is 12.0. The summed E-state index contributed by atoms with van der Waals surface area (Å²) in [6.07, 6.45) is -3.70. The minimum Gasteiger partial charge on any atom is -0.397 e. The fourth-order valence-corrected chi connectivity index (χ4v) is 3.25. The Balaban J connectivity index is 2.35. The highest BCUT2D eigenvalue weighted by atomic mass is 32.2. The van der Waals surface area contributed by atoms with Gasteiger partial charge in [0.15, 0.2) is 5.69 Å². The van der Waals surface area contributed by atoms with E-state index in [0.717, 1.165) is 24.4 Å². The SMILES string of the molecule is Nc1cc(S(=O)(=O)c2ccc(C(F)(F)F)cc2)cnc1C(=O)NCCO. The molecule has 0 unspecified atom stereocenters. The molecule has 0 saturated heterocycles. The molecule has 1 amide bonds. The molecule has 140 valence electrons. The summed E-state index contributed by atoms with van der Waals surface area (Å²) in [5, 5.41) is 11.0. The minimum absolute atomic E-state index is 0.0362. The van der Waals surface area contributed by atoms with Gasteiger partial charge in [0.2, 0.25) is 9.84 Å². The van der Waals surface area contributed by atoms with Crippen LogP contribution in [-0.2, 0) is 16.0 Å². The number of anilines is 1. The van der Waals surface area contributed by atoms with Crippen LogP contribution < -0.4 is 11.1 Å². The van der Waals surface area contributed by atoms with E-state index in [4.69, 9.17) is 10.8 Å². The first-order valence-corrected chi connectivity index (χ1v) is 8.62. The number of nitrogens with two attached hydrogens (primary N) is 1. The summed E-state index contributed by atoms with van der Waals surface area (Å²) in [4.78, 5) is 14.7. The van der Waals surface area contributed by atoms with Crippen LogP contribution in [0.4, 0.5) is 18.9 Å². The summed E-state index contributed by atoms with van der Waals surface area (Å²) in [6.45, 7) is -0.336. The first kappa shape index (κ1) is 19.7. The number of aliphatic hydroxyl groups excluding tert-OH is 1. The zero-order chi connectivity index (χ0) is 19.5. The van der Waals surface area contributed by atoms with Crippen molar-refractivity contribution >= 4 is 21.4 Å². The van der Waals surface area contributed by atoms with E-state index in [1.807, 2.05) is 0 Å². The van der Waals surface area contributed by atoms with Crippen molar-refractivity contribution in [2.24, 2.45) is 0 Å². The van der Waals surface area contributed by atoms with E-state index in [9.17, 15) is 26.4 Å². The number of pyridine rings is 1. The van der Waals surface area contributed by atoms with E-state index in [1.54, 1.807) is 0 Å². The van der Waals surface area contributed by atoms with E-state index in [-0.39, 0.29) is 34.3 Å². The predicted octanol–water partition coefficient (Wildman–Crippen LogP) is 1.24. The lowest BCUT2D eigenvalue weighted by Crippen LogP contribution is -2.28. The first-order chi connectivity index (χ1) is 12.1. The number of nitrogens with zero attached hydrogens (tertiary/aromatic N) is 1. The van der Waals surface area contributed by atoms with Crippen LogP contribution in [0.2, 0.25) is 0 Å². The molecule has 0 spiro atoms. The molecule has 0 bridgehead atoms. The third-order valence-electron chi connectivity index (χ3n) is 3.31. The maximum absolute atomic E-state index is 12.6. The van der Waals surface area contributed by atoms with Gasteiger partial charge in [-0.3, -0.25) is 4.79 Å². The number of carbonyl (C=O) groups is 1. The van der Waals surface area contributed by atoms with E-state index in [0.29, 0.717) is 12.1 Å². The number of alkyl halides is 3. The third-order valence-corrected chi connectivity index (χ3v) is 5.04. The van der Waals surface area contributed by atoms with Crippen molar-refractivity contribution in [1.29, 1.82) is 0 Å². The predicted molar refractivity (Wildman–Crippen MR) is 85.0 cm³/mol. The van der Waals surface area contributed by atoms with Crippen LogP contribution in [0.3, 0.4) is 0 Å². The number of aliphatic hydroxyl groups is 1. The Hall–Kier alpha value is -2.66. The van der Waals surface area contributed by atoms with Crippen LogP contribution in [0, 0.1) is 0 Å². The second-order valence-corrected chi connectivity index (χ2v) is 7.06. The Morgan fingerprint density at radius 3 is 2.31 bits per heavy atom. The zero-order valence-corrected chi connectivity index (χ0v) is 13.9. The fourth-order valence-electron chi connectivity index (χ4n) is 2.01. The number of rotatable bonds is 5. The fraction of sp³-hybridized carbons (Fsp3) is 0.200. The number of halogens is 3. The molecule has 4 N–H and O–H groups in total. The van der Waals surface area contributed by atoms with Gasteiger partial charge in [-0.1, -0.05) is 0 Å². The van der Waals surface area contributed by atoms with Gasteiger partial charge in [0.1, 0.15) is 0 Å². The number of hydrogen-bond acceptors (Lipinski definition) is 6. The molecule has 0 aliphatic heterocycles. The van der Waals surface area contributed by atoms with Crippen LogP contribution in [0.15, 0.2) is 46.3 Å². The van der Waals surface area contributed by atoms with E-state index >= 15 is 0 Å². The lowest BCUT2D eigenvalue weighted by molar-refractivity contribution is -0.137. The van der Waals surface area contributed by atoms with Gasteiger partial charge in [-0.05, 0) is 30.3 Å². The van der Waals surface area contributed by atoms with Gasteiger partial charge in [0.25, 0.3) is 5.91 Å². The molecule has 0 fully saturated rings. The molecule has 0 saturated carbocycles. The molecule has 7 nitrogen and oxygen atoms in total. The summed E-state index contributed by atoms with van der Waals surface area (Å²) < 4.78 is 62.7. The molecule has 11 heteroatoms. The average molecular weight is 389 g/mol. The molecule has 26 heavy (non-hydrogen) atoms. The van der Waals surface area contributed by atoms with Crippen molar-refractivity contribution in [2.45, 2.75) is 16.0 Å². The molecule has 0 aliphatic carbocycles. The number of aromatic nitrogens is 1. The maximum Gasteiger partial charge on any atom is 0.416 e. The average Bonchev–Trinajstić information content (AvgIpc) is 2.58. The van der Waals surface area contributed by atoms with Crippen LogP contribution >= 0.6 is 0 Å². The van der Waals surface area contributed by atoms with Gasteiger partial charge < -0.3 is 16.2 Å². The second kappa shape index (κ2) is 7.30. The quantitative estimate of drug-likeness (QED) is 0.707. The second-order valence-electron chi connectivity index (χ2n) is 5.11. The Morgan fingerprint density at radius 1 is 1.19 bits per heavy atom. The van der Waals surface area contributed by atoms with Gasteiger partial charge in [0.05, 0.1) is 27.6 Å². The number of benzene rings is 1. The molecule has 1 aromatic heterocycles. The number of nitrogens with one attached hydrogen (secondary N) is 1. The Bertz CT molecular complexity index is 913. The molecule has 0 atom stereocenters. The van der Waals surface area contributed by atoms with Crippen LogP contribution in [0.1, 0.15) is 16.1 Å². The number of nitrogen functional groups attached to an aromatic ring is 1. The van der Waals surface area contributed by atoms with Gasteiger partial charge in [-0.2, -0.15) is 13.2 Å². The van der Waals surface area contributed by atoms with Crippen molar-refractivity contribution in [1.82, 2.24) is 10.3 Å². The van der Waals surface area contributed by atoms with Crippen molar-refractivity contribution in [3.05, 3.63) is 47.8 Å². The maximum atomic E-state index is 12.6. The highest BCUT2D eigenvalue weighted by molar-refractivity contribution is 7.91. The van der Waals surface area contributed by atoms with Gasteiger partial charge >= 0.3 is 6.18 Å². The highest BCUT2D eigenvalue weighted by Crippen LogP contribution is 2.31. The molecule has 1 heterocycles. The molecule has 2 rings (SSSR count). The highest BCUT2D eigenvalue weighted by Gasteiger charge is 2.31. The number of sulfone groups is 1. The van der Waals surface area contributed by atoms with E-state index in [1.165, 1.54) is 0 Å². The van der Waals surface area contributed by atoms with Crippen molar-refractivity contribution in [2.75, 3.05) is 18.9 Å². The van der Waals surface area contributed by atoms with E-state index < -0.39 is 27.5 Å². The first-order valence-electron chi connectivity index (χ1n) is 7.14. The van der Waals surface area contributed by atoms with Crippen LogP contribution in [0.25, 0.3) is 0 Å². The van der Waals surface area contributed by atoms with Gasteiger partial charge in [0, 0.05) is 12.7 Å². The standard InChI is InChI=1S/C15H14F3N3O4S/c16-15(17,18)9-1-3-10(4-2-9)26(24,25)11-7-12(19)13(21-8-11)14(23)20-5-6-22/h1-4,7-8,22H,5-6,19H2,(H,20,23). The molecule has 1 aromatic carbocycles. The number of amides is 1. The Labute approximate surface area is 146 Å². The van der Waals surface area contributed by atoms with Crippen LogP contribution in [-0.4, -0.2) is 37.6 Å². The smallest absolute Gasteiger partial charge is 0.397 e. The number of carbonyl (C=O) groups excluding carboxylic acids is 1. The Morgan fingerprint density at radius 2 is 1.81 bits per heavy atom. The summed E-state index contributed by atoms with van der Waals surface area (Å²) in [5.74, 6) is -0.699. The van der Waals surface area contributed by atoms with Crippen molar-refractivity contribution in [3.63, 3.8) is 0 Å². The molecule has 0 aliphatic rings. The van der Waals surface area contributed by atoms with Crippen molar-refractivity contribution in [3.8, 4) is 0 Å². The minimum atomic E-state index is -4.59.